The van der Waals surface area contributed by atoms with Crippen LogP contribution in [0.3, 0.4) is 0 Å². The van der Waals surface area contributed by atoms with E-state index in [1.54, 1.807) is 18.4 Å². The average molecular weight is 297 g/mol. The highest BCUT2D eigenvalue weighted by atomic mass is 32.1. The van der Waals surface area contributed by atoms with Crippen molar-refractivity contribution in [3.8, 4) is 0 Å². The Hall–Kier alpha value is -0.980. The molecule has 2 heterocycles. The van der Waals surface area contributed by atoms with E-state index in [-0.39, 0.29) is 5.91 Å². The number of ether oxygens (including phenoxy) is 1. The Labute approximate surface area is 124 Å². The number of amides is 1. The van der Waals surface area contributed by atoms with E-state index in [0.717, 1.165) is 36.6 Å². The lowest BCUT2D eigenvalue weighted by molar-refractivity contribution is -0.142. The SMILES string of the molecule is COC(C)C(=O)N(Cc1scnc1C)CC1CCNC1. The Morgan fingerprint density at radius 3 is 3.05 bits per heavy atom. The van der Waals surface area contributed by atoms with Crippen LogP contribution in [0.25, 0.3) is 0 Å². The summed E-state index contributed by atoms with van der Waals surface area (Å²) in [5.41, 5.74) is 2.85. The summed E-state index contributed by atoms with van der Waals surface area (Å²) in [5, 5.41) is 3.35. The molecule has 5 nitrogen and oxygen atoms in total. The normalized spacial score (nSPS) is 20.1. The largest absolute Gasteiger partial charge is 0.372 e. The molecule has 1 aromatic heterocycles. The van der Waals surface area contributed by atoms with Gasteiger partial charge in [-0.3, -0.25) is 4.79 Å². The summed E-state index contributed by atoms with van der Waals surface area (Å²) in [6.07, 6.45) is 0.741. The highest BCUT2D eigenvalue weighted by Crippen LogP contribution is 2.19. The van der Waals surface area contributed by atoms with Crippen LogP contribution in [0.2, 0.25) is 0 Å². The molecule has 0 spiro atoms. The van der Waals surface area contributed by atoms with Crippen molar-refractivity contribution in [2.75, 3.05) is 26.7 Å². The van der Waals surface area contributed by atoms with Crippen LogP contribution in [0.5, 0.6) is 0 Å². The van der Waals surface area contributed by atoms with Crippen molar-refractivity contribution in [2.45, 2.75) is 32.9 Å². The molecule has 20 heavy (non-hydrogen) atoms. The fourth-order valence-corrected chi connectivity index (χ4v) is 3.22. The van der Waals surface area contributed by atoms with Crippen LogP contribution in [-0.2, 0) is 16.1 Å². The first-order chi connectivity index (χ1) is 9.61. The van der Waals surface area contributed by atoms with E-state index >= 15 is 0 Å². The zero-order chi connectivity index (χ0) is 14.5. The van der Waals surface area contributed by atoms with Gasteiger partial charge in [-0.1, -0.05) is 0 Å². The van der Waals surface area contributed by atoms with Gasteiger partial charge in [0.2, 0.25) is 0 Å². The number of aromatic nitrogens is 1. The van der Waals surface area contributed by atoms with E-state index in [2.05, 4.69) is 10.3 Å². The van der Waals surface area contributed by atoms with Crippen molar-refractivity contribution in [2.24, 2.45) is 5.92 Å². The number of nitrogens with zero attached hydrogens (tertiary/aromatic N) is 2. The third-order valence-electron chi connectivity index (χ3n) is 3.83. The molecule has 6 heteroatoms. The average Bonchev–Trinajstić information content (AvgIpc) is 3.09. The first-order valence-electron chi connectivity index (χ1n) is 7.03. The lowest BCUT2D eigenvalue weighted by Crippen LogP contribution is -2.41. The Balaban J connectivity index is 2.06. The predicted octanol–water partition coefficient (Wildman–Crippen LogP) is 1.42. The van der Waals surface area contributed by atoms with E-state index in [1.807, 2.05) is 24.3 Å². The topological polar surface area (TPSA) is 54.5 Å². The summed E-state index contributed by atoms with van der Waals surface area (Å²) in [6, 6.07) is 0. The van der Waals surface area contributed by atoms with Crippen LogP contribution in [-0.4, -0.2) is 48.6 Å². The molecule has 2 rings (SSSR count). The molecule has 0 aromatic carbocycles. The van der Waals surface area contributed by atoms with Gasteiger partial charge < -0.3 is 15.0 Å². The van der Waals surface area contributed by atoms with Crippen LogP contribution in [0, 0.1) is 12.8 Å². The first kappa shape index (κ1) is 15.4. The predicted molar refractivity (Wildman–Crippen MR) is 79.7 cm³/mol. The smallest absolute Gasteiger partial charge is 0.251 e. The lowest BCUT2D eigenvalue weighted by Gasteiger charge is -2.27. The summed E-state index contributed by atoms with van der Waals surface area (Å²) in [4.78, 5) is 19.8. The minimum absolute atomic E-state index is 0.0622. The Morgan fingerprint density at radius 2 is 2.50 bits per heavy atom. The maximum Gasteiger partial charge on any atom is 0.251 e. The van der Waals surface area contributed by atoms with Crippen molar-refractivity contribution in [3.63, 3.8) is 0 Å². The molecule has 112 valence electrons. The summed E-state index contributed by atoms with van der Waals surface area (Å²) in [6.45, 7) is 7.27. The second-order valence-corrected chi connectivity index (χ2v) is 6.26. The molecule has 1 amide bonds. The van der Waals surface area contributed by atoms with Gasteiger partial charge in [0.05, 0.1) is 17.7 Å². The van der Waals surface area contributed by atoms with Crippen molar-refractivity contribution in [1.82, 2.24) is 15.2 Å². The Morgan fingerprint density at radius 1 is 1.70 bits per heavy atom. The lowest BCUT2D eigenvalue weighted by atomic mass is 10.1. The molecule has 1 aromatic rings. The number of rotatable bonds is 6. The van der Waals surface area contributed by atoms with Crippen LogP contribution >= 0.6 is 11.3 Å². The van der Waals surface area contributed by atoms with E-state index in [4.69, 9.17) is 4.74 Å². The maximum atomic E-state index is 12.5. The molecule has 1 N–H and O–H groups in total. The number of hydrogen-bond donors (Lipinski definition) is 1. The van der Waals surface area contributed by atoms with E-state index in [1.165, 1.54) is 0 Å². The molecule has 2 unspecified atom stereocenters. The van der Waals surface area contributed by atoms with E-state index < -0.39 is 6.10 Å². The van der Waals surface area contributed by atoms with E-state index in [0.29, 0.717) is 12.5 Å². The van der Waals surface area contributed by atoms with Gasteiger partial charge in [-0.15, -0.1) is 11.3 Å². The molecule has 0 saturated carbocycles. The fourth-order valence-electron chi connectivity index (χ4n) is 2.42. The van der Waals surface area contributed by atoms with Gasteiger partial charge in [-0.25, -0.2) is 4.98 Å². The zero-order valence-corrected chi connectivity index (χ0v) is 13.2. The molecule has 0 bridgehead atoms. The van der Waals surface area contributed by atoms with Crippen molar-refractivity contribution in [1.29, 1.82) is 0 Å². The summed E-state index contributed by atoms with van der Waals surface area (Å²) >= 11 is 1.61. The van der Waals surface area contributed by atoms with Crippen LogP contribution in [0.15, 0.2) is 5.51 Å². The molecule has 1 aliphatic rings. The van der Waals surface area contributed by atoms with Gasteiger partial charge in [-0.05, 0) is 39.3 Å². The third kappa shape index (κ3) is 3.77. The van der Waals surface area contributed by atoms with Crippen molar-refractivity contribution in [3.05, 3.63) is 16.1 Å². The minimum Gasteiger partial charge on any atom is -0.372 e. The van der Waals surface area contributed by atoms with Crippen LogP contribution in [0.1, 0.15) is 23.9 Å². The molecule has 2 atom stereocenters. The minimum atomic E-state index is -0.391. The number of thiazole rings is 1. The summed E-state index contributed by atoms with van der Waals surface area (Å²) in [7, 11) is 1.58. The van der Waals surface area contributed by atoms with Gasteiger partial charge in [0.25, 0.3) is 5.91 Å². The standard InChI is InChI=1S/C14H23N3O2S/c1-10-13(20-9-16-10)8-17(14(18)11(2)19-3)7-12-4-5-15-6-12/h9,11-12,15H,4-8H2,1-3H3. The maximum absolute atomic E-state index is 12.5. The van der Waals surface area contributed by atoms with Crippen LogP contribution < -0.4 is 5.32 Å². The third-order valence-corrected chi connectivity index (χ3v) is 4.75. The molecular weight excluding hydrogens is 274 g/mol. The number of aryl methyl sites for hydroxylation is 1. The van der Waals surface area contributed by atoms with Gasteiger partial charge in [-0.2, -0.15) is 0 Å². The highest BCUT2D eigenvalue weighted by Gasteiger charge is 2.26. The van der Waals surface area contributed by atoms with Crippen LogP contribution in [0.4, 0.5) is 0 Å². The molecule has 0 radical (unpaired) electrons. The quantitative estimate of drug-likeness (QED) is 0.863. The van der Waals surface area contributed by atoms with Gasteiger partial charge >= 0.3 is 0 Å². The first-order valence-corrected chi connectivity index (χ1v) is 7.91. The number of carbonyl (C=O) groups is 1. The molecule has 1 fully saturated rings. The number of hydrogen-bond acceptors (Lipinski definition) is 5. The second-order valence-electron chi connectivity index (χ2n) is 5.32. The monoisotopic (exact) mass is 297 g/mol. The Kier molecular flexibility index (Phi) is 5.51. The Bertz CT molecular complexity index is 443. The van der Waals surface area contributed by atoms with Gasteiger partial charge in [0.1, 0.15) is 6.10 Å². The number of nitrogens with one attached hydrogen (secondary N) is 1. The molecule has 1 saturated heterocycles. The van der Waals surface area contributed by atoms with Crippen molar-refractivity contribution >= 4 is 17.2 Å². The molecule has 1 aliphatic heterocycles. The van der Waals surface area contributed by atoms with Gasteiger partial charge in [0, 0.05) is 18.5 Å². The number of methoxy groups -OCH3 is 1. The fraction of sp³-hybridized carbons (Fsp3) is 0.714. The van der Waals surface area contributed by atoms with Crippen molar-refractivity contribution < 1.29 is 9.53 Å². The highest BCUT2D eigenvalue weighted by molar-refractivity contribution is 7.09. The van der Waals surface area contributed by atoms with Gasteiger partial charge in [0.15, 0.2) is 0 Å². The number of carbonyl (C=O) groups excluding carboxylic acids is 1. The zero-order valence-electron chi connectivity index (χ0n) is 12.4. The summed E-state index contributed by atoms with van der Waals surface area (Å²) in [5.74, 6) is 0.600. The molecule has 0 aliphatic carbocycles. The van der Waals surface area contributed by atoms with E-state index in [9.17, 15) is 4.79 Å². The summed E-state index contributed by atoms with van der Waals surface area (Å²) < 4.78 is 5.19. The molecular formula is C14H23N3O2S. The second kappa shape index (κ2) is 7.15.